The predicted molar refractivity (Wildman–Crippen MR) is 78.3 cm³/mol. The molecular formula is C15H12N4O. The summed E-state index contributed by atoms with van der Waals surface area (Å²) in [6.07, 6.45) is 6.45. The monoisotopic (exact) mass is 264 g/mol. The smallest absolute Gasteiger partial charge is 0.257 e. The molecule has 3 aromatic rings. The van der Waals surface area contributed by atoms with Gasteiger partial charge in [0.15, 0.2) is 0 Å². The summed E-state index contributed by atoms with van der Waals surface area (Å²) >= 11 is 0. The molecule has 0 fully saturated rings. The van der Waals surface area contributed by atoms with E-state index < -0.39 is 0 Å². The fourth-order valence-corrected chi connectivity index (χ4v) is 2.03. The predicted octanol–water partition coefficient (Wildman–Crippen LogP) is 2.46. The number of nitrogen functional groups attached to an aromatic ring is 1. The molecule has 5 heteroatoms. The number of aromatic nitrogens is 2. The lowest BCUT2D eigenvalue weighted by molar-refractivity contribution is 0.102. The average Bonchev–Trinajstić information content (AvgIpc) is 2.48. The van der Waals surface area contributed by atoms with Crippen LogP contribution in [-0.4, -0.2) is 15.9 Å². The van der Waals surface area contributed by atoms with Gasteiger partial charge in [-0.3, -0.25) is 14.8 Å². The van der Waals surface area contributed by atoms with Crippen molar-refractivity contribution in [1.82, 2.24) is 9.97 Å². The molecule has 3 N–H and O–H groups in total. The standard InChI is InChI=1S/C15H12N4O/c16-13-9-18-7-5-12(13)15(20)19-14-3-1-2-10-8-17-6-4-11(10)14/h1-9H,16H2,(H,19,20). The van der Waals surface area contributed by atoms with Crippen molar-refractivity contribution in [3.63, 3.8) is 0 Å². The van der Waals surface area contributed by atoms with Crippen molar-refractivity contribution in [3.8, 4) is 0 Å². The van der Waals surface area contributed by atoms with Crippen LogP contribution in [0.25, 0.3) is 10.8 Å². The number of nitrogens with one attached hydrogen (secondary N) is 1. The van der Waals surface area contributed by atoms with E-state index >= 15 is 0 Å². The van der Waals surface area contributed by atoms with Crippen LogP contribution in [0, 0.1) is 0 Å². The van der Waals surface area contributed by atoms with Crippen LogP contribution in [0.2, 0.25) is 0 Å². The van der Waals surface area contributed by atoms with E-state index in [4.69, 9.17) is 5.73 Å². The zero-order valence-corrected chi connectivity index (χ0v) is 10.6. The third-order valence-corrected chi connectivity index (χ3v) is 3.03. The van der Waals surface area contributed by atoms with Gasteiger partial charge in [-0.25, -0.2) is 0 Å². The lowest BCUT2D eigenvalue weighted by Crippen LogP contribution is -2.14. The van der Waals surface area contributed by atoms with Crippen molar-refractivity contribution >= 4 is 28.1 Å². The van der Waals surface area contributed by atoms with Crippen LogP contribution in [0.5, 0.6) is 0 Å². The number of nitrogens with zero attached hydrogens (tertiary/aromatic N) is 2. The molecule has 0 aliphatic rings. The van der Waals surface area contributed by atoms with Crippen molar-refractivity contribution < 1.29 is 4.79 Å². The molecule has 1 amide bonds. The molecule has 0 radical (unpaired) electrons. The minimum Gasteiger partial charge on any atom is -0.397 e. The lowest BCUT2D eigenvalue weighted by atomic mass is 10.1. The van der Waals surface area contributed by atoms with E-state index in [1.165, 1.54) is 12.4 Å². The first kappa shape index (κ1) is 12.1. The first-order valence-corrected chi connectivity index (χ1v) is 6.09. The topological polar surface area (TPSA) is 80.9 Å². The maximum atomic E-state index is 12.2. The molecule has 0 saturated carbocycles. The number of fused-ring (bicyclic) bond motifs is 1. The zero-order valence-electron chi connectivity index (χ0n) is 10.6. The van der Waals surface area contributed by atoms with Gasteiger partial charge in [-0.15, -0.1) is 0 Å². The molecule has 0 aliphatic carbocycles. The summed E-state index contributed by atoms with van der Waals surface area (Å²) in [4.78, 5) is 20.2. The van der Waals surface area contributed by atoms with Crippen LogP contribution < -0.4 is 11.1 Å². The number of anilines is 2. The lowest BCUT2D eigenvalue weighted by Gasteiger charge is -2.09. The van der Waals surface area contributed by atoms with Gasteiger partial charge in [0.2, 0.25) is 0 Å². The summed E-state index contributed by atoms with van der Waals surface area (Å²) in [5.41, 5.74) is 7.24. The minimum atomic E-state index is -0.255. The Balaban J connectivity index is 1.98. The number of benzene rings is 1. The maximum absolute atomic E-state index is 12.2. The highest BCUT2D eigenvalue weighted by Crippen LogP contribution is 2.23. The summed E-state index contributed by atoms with van der Waals surface area (Å²) in [7, 11) is 0. The molecule has 2 aromatic heterocycles. The number of hydrogen-bond donors (Lipinski definition) is 2. The second-order valence-electron chi connectivity index (χ2n) is 4.32. The SMILES string of the molecule is Nc1cnccc1C(=O)Nc1cccc2cnccc12. The fraction of sp³-hybridized carbons (Fsp3) is 0. The van der Waals surface area contributed by atoms with E-state index in [0.717, 1.165) is 16.5 Å². The van der Waals surface area contributed by atoms with E-state index in [2.05, 4.69) is 15.3 Å². The third-order valence-electron chi connectivity index (χ3n) is 3.03. The Labute approximate surface area is 115 Å². The fourth-order valence-electron chi connectivity index (χ4n) is 2.03. The first-order chi connectivity index (χ1) is 9.75. The number of hydrogen-bond acceptors (Lipinski definition) is 4. The number of carbonyl (C=O) groups is 1. The number of nitrogens with two attached hydrogens (primary N) is 1. The highest BCUT2D eigenvalue weighted by Gasteiger charge is 2.11. The van der Waals surface area contributed by atoms with Crippen LogP contribution in [0.4, 0.5) is 11.4 Å². The van der Waals surface area contributed by atoms with Crippen LogP contribution in [0.3, 0.4) is 0 Å². The maximum Gasteiger partial charge on any atom is 0.257 e. The van der Waals surface area contributed by atoms with Gasteiger partial charge in [-0.05, 0) is 18.2 Å². The molecule has 1 aromatic carbocycles. The molecule has 2 heterocycles. The summed E-state index contributed by atoms with van der Waals surface area (Å²) in [5.74, 6) is -0.255. The van der Waals surface area contributed by atoms with Crippen LogP contribution in [-0.2, 0) is 0 Å². The van der Waals surface area contributed by atoms with Crippen molar-refractivity contribution in [1.29, 1.82) is 0 Å². The molecular weight excluding hydrogens is 252 g/mol. The van der Waals surface area contributed by atoms with Gasteiger partial charge in [0.1, 0.15) is 0 Å². The highest BCUT2D eigenvalue weighted by atomic mass is 16.1. The number of carbonyl (C=O) groups excluding carboxylic acids is 1. The number of amides is 1. The van der Waals surface area contributed by atoms with E-state index in [9.17, 15) is 4.79 Å². The Morgan fingerprint density at radius 1 is 1.05 bits per heavy atom. The van der Waals surface area contributed by atoms with E-state index in [0.29, 0.717) is 11.3 Å². The second kappa shape index (κ2) is 4.97. The molecule has 98 valence electrons. The quantitative estimate of drug-likeness (QED) is 0.745. The van der Waals surface area contributed by atoms with Gasteiger partial charge in [0, 0.05) is 35.1 Å². The Bertz CT molecular complexity index is 780. The van der Waals surface area contributed by atoms with Gasteiger partial charge < -0.3 is 11.1 Å². The van der Waals surface area contributed by atoms with Gasteiger partial charge in [0.05, 0.1) is 17.4 Å². The molecule has 3 rings (SSSR count). The van der Waals surface area contributed by atoms with E-state index in [1.54, 1.807) is 18.5 Å². The number of rotatable bonds is 2. The Morgan fingerprint density at radius 3 is 2.70 bits per heavy atom. The minimum absolute atomic E-state index is 0.255. The van der Waals surface area contributed by atoms with Gasteiger partial charge >= 0.3 is 0 Å². The highest BCUT2D eigenvalue weighted by molar-refractivity contribution is 6.11. The molecule has 0 aliphatic heterocycles. The molecule has 5 nitrogen and oxygen atoms in total. The summed E-state index contributed by atoms with van der Waals surface area (Å²) < 4.78 is 0. The molecule has 0 saturated heterocycles. The van der Waals surface area contributed by atoms with Gasteiger partial charge in [0.25, 0.3) is 5.91 Å². The third kappa shape index (κ3) is 2.16. The summed E-state index contributed by atoms with van der Waals surface area (Å²) in [6, 6.07) is 9.12. The van der Waals surface area contributed by atoms with Crippen LogP contribution in [0.15, 0.2) is 55.1 Å². The van der Waals surface area contributed by atoms with Crippen LogP contribution in [0.1, 0.15) is 10.4 Å². The van der Waals surface area contributed by atoms with E-state index in [-0.39, 0.29) is 5.91 Å². The van der Waals surface area contributed by atoms with Crippen molar-refractivity contribution in [2.75, 3.05) is 11.1 Å². The largest absolute Gasteiger partial charge is 0.397 e. The van der Waals surface area contributed by atoms with Crippen molar-refractivity contribution in [2.24, 2.45) is 0 Å². The zero-order chi connectivity index (χ0) is 13.9. The van der Waals surface area contributed by atoms with Crippen LogP contribution >= 0.6 is 0 Å². The molecule has 0 spiro atoms. The first-order valence-electron chi connectivity index (χ1n) is 6.09. The average molecular weight is 264 g/mol. The van der Waals surface area contributed by atoms with E-state index in [1.807, 2.05) is 24.3 Å². The van der Waals surface area contributed by atoms with Crippen molar-refractivity contribution in [3.05, 3.63) is 60.7 Å². The normalized spacial score (nSPS) is 10.4. The molecule has 0 unspecified atom stereocenters. The Morgan fingerprint density at radius 2 is 1.85 bits per heavy atom. The molecule has 20 heavy (non-hydrogen) atoms. The second-order valence-corrected chi connectivity index (χ2v) is 4.32. The number of pyridine rings is 2. The summed E-state index contributed by atoms with van der Waals surface area (Å²) in [6.45, 7) is 0. The Kier molecular flexibility index (Phi) is 3.01. The molecule has 0 atom stereocenters. The Hall–Kier alpha value is -2.95. The van der Waals surface area contributed by atoms with Gasteiger partial charge in [-0.1, -0.05) is 12.1 Å². The molecule has 0 bridgehead atoms. The van der Waals surface area contributed by atoms with Crippen molar-refractivity contribution in [2.45, 2.75) is 0 Å². The summed E-state index contributed by atoms with van der Waals surface area (Å²) in [5, 5.41) is 4.77. The van der Waals surface area contributed by atoms with Gasteiger partial charge in [-0.2, -0.15) is 0 Å².